The summed E-state index contributed by atoms with van der Waals surface area (Å²) < 4.78 is 5.15. The van der Waals surface area contributed by atoms with Gasteiger partial charge in [-0.3, -0.25) is 14.5 Å². The summed E-state index contributed by atoms with van der Waals surface area (Å²) in [5, 5.41) is 1.06. The molecule has 1 aliphatic heterocycles. The highest BCUT2D eigenvalue weighted by molar-refractivity contribution is 8.14. The van der Waals surface area contributed by atoms with E-state index >= 15 is 0 Å². The lowest BCUT2D eigenvalue weighted by atomic mass is 10.1. The lowest BCUT2D eigenvalue weighted by molar-refractivity contribution is -0.122. The number of aliphatic imine (C=N–C) groups is 1. The Hall–Kier alpha value is -2.35. The number of hydrogen-bond donors (Lipinski definition) is 0. The summed E-state index contributed by atoms with van der Waals surface area (Å²) in [6.45, 7) is 4.02. The zero-order chi connectivity index (χ0) is 20.8. The van der Waals surface area contributed by atoms with Gasteiger partial charge in [-0.25, -0.2) is 4.99 Å². The number of halogens is 2. The number of amides is 1. The number of thioether (sulfide) groups is 1. The average molecular weight is 507 g/mol. The first-order valence-corrected chi connectivity index (χ1v) is 10.2. The largest absolute Gasteiger partial charge is 1.00 e. The third-order valence-electron chi connectivity index (χ3n) is 4.14. The lowest BCUT2D eigenvalue weighted by Gasteiger charge is -2.15. The number of benzene rings is 2. The summed E-state index contributed by atoms with van der Waals surface area (Å²) >= 11 is 7.09. The van der Waals surface area contributed by atoms with E-state index in [4.69, 9.17) is 16.3 Å². The zero-order valence-electron chi connectivity index (χ0n) is 16.2. The van der Waals surface area contributed by atoms with Crippen molar-refractivity contribution in [2.45, 2.75) is 0 Å². The molecule has 0 radical (unpaired) electrons. The SMILES string of the molecule is C=CCN1C(=O)/C(=C\c2ccc(OC)cc2)N=C1SCC(=O)c1ccc(Cl)cc1.[Br-]. The van der Waals surface area contributed by atoms with Crippen molar-refractivity contribution in [3.8, 4) is 5.75 Å². The highest BCUT2D eigenvalue weighted by atomic mass is 79.9. The van der Waals surface area contributed by atoms with Crippen molar-refractivity contribution >= 4 is 46.3 Å². The molecular weight excluding hydrogens is 488 g/mol. The van der Waals surface area contributed by atoms with Gasteiger partial charge in [0, 0.05) is 17.1 Å². The molecular formula is C22H19BrClN2O3S-. The second-order valence-corrected chi connectivity index (χ2v) is 7.50. The summed E-state index contributed by atoms with van der Waals surface area (Å²) in [6.07, 6.45) is 3.34. The number of methoxy groups -OCH3 is 1. The number of Topliss-reactive ketones (excluding diaryl/α,β-unsaturated/α-hetero) is 1. The number of carbonyl (C=O) groups excluding carboxylic acids is 2. The van der Waals surface area contributed by atoms with Crippen LogP contribution in [-0.2, 0) is 4.79 Å². The molecule has 0 spiro atoms. The van der Waals surface area contributed by atoms with E-state index in [1.807, 2.05) is 24.3 Å². The number of ketones is 1. The Morgan fingerprint density at radius 3 is 2.47 bits per heavy atom. The van der Waals surface area contributed by atoms with E-state index in [0.29, 0.717) is 28.0 Å². The molecule has 0 aromatic heterocycles. The van der Waals surface area contributed by atoms with Gasteiger partial charge in [-0.2, -0.15) is 0 Å². The molecule has 0 saturated heterocycles. The van der Waals surface area contributed by atoms with Crippen LogP contribution in [0.1, 0.15) is 15.9 Å². The van der Waals surface area contributed by atoms with Crippen LogP contribution in [0.4, 0.5) is 0 Å². The van der Waals surface area contributed by atoms with E-state index in [0.717, 1.165) is 11.3 Å². The molecule has 2 aromatic carbocycles. The fourth-order valence-electron chi connectivity index (χ4n) is 2.64. The van der Waals surface area contributed by atoms with Crippen LogP contribution in [0, 0.1) is 0 Å². The molecule has 0 atom stereocenters. The van der Waals surface area contributed by atoms with Crippen molar-refractivity contribution in [1.29, 1.82) is 0 Å². The second-order valence-electron chi connectivity index (χ2n) is 6.12. The quantitative estimate of drug-likeness (QED) is 0.326. The van der Waals surface area contributed by atoms with Crippen LogP contribution in [-0.4, -0.2) is 41.2 Å². The summed E-state index contributed by atoms with van der Waals surface area (Å²) in [6, 6.07) is 14.1. The molecule has 1 heterocycles. The summed E-state index contributed by atoms with van der Waals surface area (Å²) in [7, 11) is 1.60. The van der Waals surface area contributed by atoms with Gasteiger partial charge in [0.1, 0.15) is 11.4 Å². The normalized spacial score (nSPS) is 14.3. The topological polar surface area (TPSA) is 59.0 Å². The van der Waals surface area contributed by atoms with Gasteiger partial charge in [-0.15, -0.1) is 6.58 Å². The third kappa shape index (κ3) is 5.84. The smallest absolute Gasteiger partial charge is 0.278 e. The molecule has 0 aliphatic carbocycles. The Bertz CT molecular complexity index is 988. The standard InChI is InChI=1S/C22H19ClN2O3S.BrH/c1-3-12-25-21(27)19(13-15-4-10-18(28-2)11-5-15)24-22(25)29-14-20(26)16-6-8-17(23)9-7-16;/h3-11,13H,1,12,14H2,2H3;1H/p-1/b19-13+;. The first kappa shape index (κ1) is 23.9. The van der Waals surface area contributed by atoms with Crippen LogP contribution in [0.5, 0.6) is 5.75 Å². The van der Waals surface area contributed by atoms with Gasteiger partial charge in [-0.05, 0) is 48.0 Å². The van der Waals surface area contributed by atoms with Gasteiger partial charge >= 0.3 is 0 Å². The minimum atomic E-state index is -0.220. The van der Waals surface area contributed by atoms with Crippen molar-refractivity contribution < 1.29 is 31.3 Å². The van der Waals surface area contributed by atoms with Crippen molar-refractivity contribution in [3.05, 3.63) is 83.0 Å². The van der Waals surface area contributed by atoms with Crippen molar-refractivity contribution in [2.75, 3.05) is 19.4 Å². The fraction of sp³-hybridized carbons (Fsp3) is 0.136. The van der Waals surface area contributed by atoms with E-state index < -0.39 is 0 Å². The van der Waals surface area contributed by atoms with Crippen molar-refractivity contribution in [1.82, 2.24) is 4.90 Å². The molecule has 2 aromatic rings. The molecule has 1 aliphatic rings. The maximum atomic E-state index is 12.7. The van der Waals surface area contributed by atoms with Crippen LogP contribution >= 0.6 is 23.4 Å². The van der Waals surface area contributed by atoms with Crippen LogP contribution < -0.4 is 21.7 Å². The van der Waals surface area contributed by atoms with E-state index in [1.165, 1.54) is 16.7 Å². The van der Waals surface area contributed by atoms with Crippen LogP contribution in [0.3, 0.4) is 0 Å². The first-order chi connectivity index (χ1) is 14.0. The lowest BCUT2D eigenvalue weighted by Crippen LogP contribution is -3.00. The first-order valence-electron chi connectivity index (χ1n) is 8.80. The summed E-state index contributed by atoms with van der Waals surface area (Å²) in [5.74, 6) is 0.616. The number of carbonyl (C=O) groups is 2. The van der Waals surface area contributed by atoms with Gasteiger partial charge in [0.2, 0.25) is 0 Å². The molecule has 0 bridgehead atoms. The number of hydrogen-bond acceptors (Lipinski definition) is 5. The number of ether oxygens (including phenoxy) is 1. The molecule has 1 amide bonds. The van der Waals surface area contributed by atoms with Gasteiger partial charge in [0.25, 0.3) is 5.91 Å². The fourth-order valence-corrected chi connectivity index (χ4v) is 3.67. The van der Waals surface area contributed by atoms with Gasteiger partial charge < -0.3 is 21.7 Å². The number of amidine groups is 1. The number of nitrogens with zero attached hydrogens (tertiary/aromatic N) is 2. The minimum absolute atomic E-state index is 0. The molecule has 8 heteroatoms. The van der Waals surface area contributed by atoms with E-state index in [1.54, 1.807) is 43.5 Å². The van der Waals surface area contributed by atoms with E-state index in [2.05, 4.69) is 11.6 Å². The number of rotatable bonds is 7. The van der Waals surface area contributed by atoms with Crippen LogP contribution in [0.15, 0.2) is 71.9 Å². The Balaban J connectivity index is 0.00000320. The highest BCUT2D eigenvalue weighted by Crippen LogP contribution is 2.25. The summed E-state index contributed by atoms with van der Waals surface area (Å²) in [4.78, 5) is 31.1. The Morgan fingerprint density at radius 1 is 1.20 bits per heavy atom. The van der Waals surface area contributed by atoms with E-state index in [9.17, 15) is 9.59 Å². The zero-order valence-corrected chi connectivity index (χ0v) is 19.3. The van der Waals surface area contributed by atoms with Crippen molar-refractivity contribution in [3.63, 3.8) is 0 Å². The Morgan fingerprint density at radius 2 is 1.87 bits per heavy atom. The van der Waals surface area contributed by atoms with Gasteiger partial charge in [0.15, 0.2) is 11.0 Å². The molecule has 156 valence electrons. The second kappa shape index (κ2) is 11.2. The predicted molar refractivity (Wildman–Crippen MR) is 119 cm³/mol. The molecule has 5 nitrogen and oxygen atoms in total. The van der Waals surface area contributed by atoms with E-state index in [-0.39, 0.29) is 34.4 Å². The monoisotopic (exact) mass is 505 g/mol. The highest BCUT2D eigenvalue weighted by Gasteiger charge is 2.30. The van der Waals surface area contributed by atoms with Crippen molar-refractivity contribution in [2.24, 2.45) is 4.99 Å². The van der Waals surface area contributed by atoms with Crippen LogP contribution in [0.25, 0.3) is 6.08 Å². The third-order valence-corrected chi connectivity index (χ3v) is 5.37. The summed E-state index contributed by atoms with van der Waals surface area (Å²) in [5.41, 5.74) is 1.72. The molecule has 0 unspecified atom stereocenters. The molecule has 0 N–H and O–H groups in total. The molecule has 30 heavy (non-hydrogen) atoms. The Kier molecular flexibility index (Phi) is 8.89. The Labute approximate surface area is 195 Å². The molecule has 0 saturated carbocycles. The van der Waals surface area contributed by atoms with Crippen LogP contribution in [0.2, 0.25) is 5.02 Å². The molecule has 3 rings (SSSR count). The van der Waals surface area contributed by atoms with Gasteiger partial charge in [0.05, 0.1) is 12.9 Å². The maximum absolute atomic E-state index is 12.7. The average Bonchev–Trinajstić information content (AvgIpc) is 3.02. The maximum Gasteiger partial charge on any atom is 0.278 e. The van der Waals surface area contributed by atoms with Gasteiger partial charge in [-0.1, -0.05) is 41.6 Å². The molecule has 0 fully saturated rings. The predicted octanol–water partition coefficient (Wildman–Crippen LogP) is 1.69. The minimum Gasteiger partial charge on any atom is -1.00 e.